The largest absolute Gasteiger partial charge is 0.344 e. The normalized spacial score (nSPS) is 20.5. The van der Waals surface area contributed by atoms with E-state index in [0.717, 1.165) is 58.0 Å². The summed E-state index contributed by atoms with van der Waals surface area (Å²) in [5, 5.41) is 13.2. The number of nitrogens with zero attached hydrogens (tertiary/aromatic N) is 2. The molecule has 3 amide bonds. The minimum absolute atomic E-state index is 0.0311. The van der Waals surface area contributed by atoms with Crippen LogP contribution in [0.2, 0.25) is 0 Å². The molecule has 7 heteroatoms. The fraction of sp³-hybridized carbons (Fsp3) is 0.857. The maximum absolute atomic E-state index is 13.1. The van der Waals surface area contributed by atoms with Crippen molar-refractivity contribution in [3.8, 4) is 0 Å². The number of rotatable bonds is 8. The maximum Gasteiger partial charge on any atom is 0.245 e. The van der Waals surface area contributed by atoms with Gasteiger partial charge in [-0.25, -0.2) is 5.06 Å². The Hall–Kier alpha value is -1.63. The lowest BCUT2D eigenvalue weighted by Gasteiger charge is -2.37. The minimum atomic E-state index is -0.618. The van der Waals surface area contributed by atoms with Gasteiger partial charge in [0.25, 0.3) is 0 Å². The molecule has 7 nitrogen and oxygen atoms in total. The van der Waals surface area contributed by atoms with Gasteiger partial charge in [0, 0.05) is 13.1 Å². The van der Waals surface area contributed by atoms with Crippen LogP contribution in [0.3, 0.4) is 0 Å². The summed E-state index contributed by atoms with van der Waals surface area (Å²) in [7, 11) is 0. The van der Waals surface area contributed by atoms with E-state index in [0.29, 0.717) is 23.8 Å². The molecule has 0 aromatic rings. The van der Waals surface area contributed by atoms with E-state index in [1.165, 1.54) is 0 Å². The van der Waals surface area contributed by atoms with Crippen LogP contribution in [-0.4, -0.2) is 59.1 Å². The van der Waals surface area contributed by atoms with Gasteiger partial charge in [-0.05, 0) is 37.0 Å². The molecule has 0 bridgehead atoms. The van der Waals surface area contributed by atoms with Gasteiger partial charge in [0.2, 0.25) is 18.2 Å². The van der Waals surface area contributed by atoms with Crippen LogP contribution in [0.25, 0.3) is 0 Å². The summed E-state index contributed by atoms with van der Waals surface area (Å²) in [6.45, 7) is 7.30. The average molecular weight is 396 g/mol. The van der Waals surface area contributed by atoms with Crippen molar-refractivity contribution in [3.05, 3.63) is 0 Å². The van der Waals surface area contributed by atoms with E-state index in [4.69, 9.17) is 0 Å². The number of likely N-dealkylation sites (tertiary alicyclic amines) is 1. The lowest BCUT2D eigenvalue weighted by molar-refractivity contribution is -0.156. The van der Waals surface area contributed by atoms with Crippen molar-refractivity contribution in [1.29, 1.82) is 0 Å². The first-order valence-corrected chi connectivity index (χ1v) is 10.7. The van der Waals surface area contributed by atoms with Crippen LogP contribution < -0.4 is 5.32 Å². The Balaban J connectivity index is 2.10. The third-order valence-corrected chi connectivity index (χ3v) is 6.06. The van der Waals surface area contributed by atoms with Crippen molar-refractivity contribution in [2.45, 2.75) is 78.2 Å². The van der Waals surface area contributed by atoms with Crippen LogP contribution in [0.5, 0.6) is 0 Å². The molecule has 2 rings (SSSR count). The number of piperidine rings is 1. The van der Waals surface area contributed by atoms with Gasteiger partial charge < -0.3 is 10.2 Å². The van der Waals surface area contributed by atoms with E-state index in [2.05, 4.69) is 5.32 Å². The summed E-state index contributed by atoms with van der Waals surface area (Å²) in [5.74, 6) is -0.367. The molecule has 160 valence electrons. The zero-order chi connectivity index (χ0) is 20.7. The Labute approximate surface area is 168 Å². The monoisotopic (exact) mass is 395 g/mol. The minimum Gasteiger partial charge on any atom is -0.344 e. The van der Waals surface area contributed by atoms with Crippen LogP contribution >= 0.6 is 0 Å². The quantitative estimate of drug-likeness (QED) is 0.375. The van der Waals surface area contributed by atoms with Gasteiger partial charge in [0.15, 0.2) is 0 Å². The van der Waals surface area contributed by atoms with E-state index in [-0.39, 0.29) is 18.4 Å². The molecule has 28 heavy (non-hydrogen) atoms. The molecule has 1 aliphatic heterocycles. The lowest BCUT2D eigenvalue weighted by atomic mass is 9.84. The van der Waals surface area contributed by atoms with Crippen LogP contribution in [-0.2, 0) is 14.4 Å². The first-order valence-electron chi connectivity index (χ1n) is 10.7. The van der Waals surface area contributed by atoms with Gasteiger partial charge >= 0.3 is 0 Å². The summed E-state index contributed by atoms with van der Waals surface area (Å²) >= 11 is 0. The zero-order valence-corrected chi connectivity index (χ0v) is 17.7. The van der Waals surface area contributed by atoms with Crippen LogP contribution in [0.1, 0.15) is 72.1 Å². The molecule has 0 aromatic heterocycles. The highest BCUT2D eigenvalue weighted by atomic mass is 16.5. The predicted octanol–water partition coefficient (Wildman–Crippen LogP) is 2.57. The highest BCUT2D eigenvalue weighted by Gasteiger charge is 2.38. The first kappa shape index (κ1) is 22.7. The fourth-order valence-electron chi connectivity index (χ4n) is 4.39. The number of hydroxylamine groups is 2. The Bertz CT molecular complexity index is 534. The molecular weight excluding hydrogens is 358 g/mol. The fourth-order valence-corrected chi connectivity index (χ4v) is 4.39. The molecule has 1 saturated carbocycles. The topological polar surface area (TPSA) is 90.0 Å². The molecule has 1 saturated heterocycles. The Morgan fingerprint density at radius 1 is 1.14 bits per heavy atom. The van der Waals surface area contributed by atoms with E-state index in [1.807, 2.05) is 25.7 Å². The molecule has 1 heterocycles. The second-order valence-electron chi connectivity index (χ2n) is 9.50. The predicted molar refractivity (Wildman–Crippen MR) is 106 cm³/mol. The summed E-state index contributed by atoms with van der Waals surface area (Å²) in [5.41, 5.74) is -0.425. The number of amides is 3. The van der Waals surface area contributed by atoms with E-state index < -0.39 is 17.4 Å². The lowest BCUT2D eigenvalue weighted by Crippen LogP contribution is -2.57. The number of carbonyl (C=O) groups excluding carboxylic acids is 3. The number of carbonyl (C=O) groups is 3. The van der Waals surface area contributed by atoms with Crippen molar-refractivity contribution in [3.63, 3.8) is 0 Å². The maximum atomic E-state index is 13.1. The molecule has 2 N–H and O–H groups in total. The molecule has 0 unspecified atom stereocenters. The van der Waals surface area contributed by atoms with Crippen LogP contribution in [0.15, 0.2) is 0 Å². The Morgan fingerprint density at radius 3 is 2.29 bits per heavy atom. The zero-order valence-electron chi connectivity index (χ0n) is 17.7. The molecule has 0 radical (unpaired) electrons. The van der Waals surface area contributed by atoms with E-state index >= 15 is 0 Å². The summed E-state index contributed by atoms with van der Waals surface area (Å²) < 4.78 is 0. The van der Waals surface area contributed by atoms with Gasteiger partial charge in [0.1, 0.15) is 6.04 Å². The third kappa shape index (κ3) is 6.47. The standard InChI is InChI=1S/C21H37N3O4/c1-21(2,3)18(20(27)23-11-7-4-8-12-23)22-19(26)17(14-24(28)15-25)13-16-9-5-6-10-16/h15-18,28H,4-14H2,1-3H3,(H,22,26)/t17-,18-/m1/s1. The van der Waals surface area contributed by atoms with Gasteiger partial charge in [-0.3, -0.25) is 19.6 Å². The smallest absolute Gasteiger partial charge is 0.245 e. The molecule has 2 fully saturated rings. The first-order chi connectivity index (χ1) is 13.2. The number of nitrogens with one attached hydrogen (secondary N) is 1. The van der Waals surface area contributed by atoms with E-state index in [9.17, 15) is 19.6 Å². The SMILES string of the molecule is CC(C)(C)[C@H](NC(=O)[C@H](CC1CCCC1)CN(O)C=O)C(=O)N1CCCCC1. The van der Waals surface area contributed by atoms with Crippen molar-refractivity contribution < 1.29 is 19.6 Å². The van der Waals surface area contributed by atoms with Crippen LogP contribution in [0.4, 0.5) is 0 Å². The number of hydrogen-bond donors (Lipinski definition) is 2. The summed E-state index contributed by atoms with van der Waals surface area (Å²) in [6, 6.07) is -0.618. The van der Waals surface area contributed by atoms with Gasteiger partial charge in [0.05, 0.1) is 12.5 Å². The Morgan fingerprint density at radius 2 is 1.75 bits per heavy atom. The highest BCUT2D eigenvalue weighted by molar-refractivity contribution is 5.89. The number of hydrogen-bond acceptors (Lipinski definition) is 4. The molecular formula is C21H37N3O4. The summed E-state index contributed by atoms with van der Waals surface area (Å²) in [6.07, 6.45) is 8.57. The molecule has 2 aliphatic rings. The van der Waals surface area contributed by atoms with Crippen molar-refractivity contribution in [2.75, 3.05) is 19.6 Å². The molecule has 0 spiro atoms. The summed E-state index contributed by atoms with van der Waals surface area (Å²) in [4.78, 5) is 38.9. The average Bonchev–Trinajstić information content (AvgIpc) is 3.17. The molecule has 2 atom stereocenters. The second-order valence-corrected chi connectivity index (χ2v) is 9.50. The van der Waals surface area contributed by atoms with Gasteiger partial charge in [-0.1, -0.05) is 46.5 Å². The molecule has 1 aliphatic carbocycles. The highest BCUT2D eigenvalue weighted by Crippen LogP contribution is 2.31. The molecule has 0 aromatic carbocycles. The van der Waals surface area contributed by atoms with Gasteiger partial charge in [-0.2, -0.15) is 0 Å². The second kappa shape index (κ2) is 10.2. The Kier molecular flexibility index (Phi) is 8.28. The van der Waals surface area contributed by atoms with Gasteiger partial charge in [-0.15, -0.1) is 0 Å². The van der Waals surface area contributed by atoms with E-state index in [1.54, 1.807) is 0 Å². The van der Waals surface area contributed by atoms with Crippen molar-refractivity contribution in [2.24, 2.45) is 17.3 Å². The third-order valence-electron chi connectivity index (χ3n) is 6.06. The van der Waals surface area contributed by atoms with Crippen molar-refractivity contribution >= 4 is 18.2 Å². The van der Waals surface area contributed by atoms with Crippen molar-refractivity contribution in [1.82, 2.24) is 15.3 Å². The van der Waals surface area contributed by atoms with Crippen LogP contribution in [0, 0.1) is 17.3 Å².